The van der Waals surface area contributed by atoms with Gasteiger partial charge >= 0.3 is 0 Å². The van der Waals surface area contributed by atoms with E-state index < -0.39 is 5.60 Å². The summed E-state index contributed by atoms with van der Waals surface area (Å²) in [5, 5.41) is 16.1. The largest absolute Gasteiger partial charge is 0.466 e. The quantitative estimate of drug-likeness (QED) is 0.739. The number of hydrogen-bond acceptors (Lipinski definition) is 4. The van der Waals surface area contributed by atoms with E-state index in [-0.39, 0.29) is 18.5 Å². The Bertz CT molecular complexity index is 381. The number of piperidine rings is 1. The van der Waals surface area contributed by atoms with Gasteiger partial charge in [0, 0.05) is 0 Å². The lowest BCUT2D eigenvalue weighted by Crippen LogP contribution is -2.49. The van der Waals surface area contributed by atoms with E-state index in [0.717, 1.165) is 25.8 Å². The van der Waals surface area contributed by atoms with Crippen molar-refractivity contribution in [2.75, 3.05) is 13.1 Å². The van der Waals surface area contributed by atoms with Crippen molar-refractivity contribution < 1.29 is 14.3 Å². The Morgan fingerprint density at radius 1 is 1.67 bits per heavy atom. The van der Waals surface area contributed by atoms with Gasteiger partial charge in [0.15, 0.2) is 0 Å². The number of rotatable bonds is 4. The molecule has 0 saturated carbocycles. The van der Waals surface area contributed by atoms with Crippen LogP contribution in [0.15, 0.2) is 22.8 Å². The van der Waals surface area contributed by atoms with Crippen LogP contribution in [0.1, 0.15) is 31.9 Å². The molecule has 0 aromatic carbocycles. The van der Waals surface area contributed by atoms with Crippen molar-refractivity contribution in [3.05, 3.63) is 24.2 Å². The van der Waals surface area contributed by atoms with Gasteiger partial charge in [0.1, 0.15) is 11.4 Å². The number of furan rings is 1. The van der Waals surface area contributed by atoms with E-state index >= 15 is 0 Å². The van der Waals surface area contributed by atoms with Crippen LogP contribution in [0.4, 0.5) is 0 Å². The molecule has 1 saturated heterocycles. The van der Waals surface area contributed by atoms with Gasteiger partial charge in [-0.15, -0.1) is 0 Å². The van der Waals surface area contributed by atoms with Gasteiger partial charge in [-0.05, 0) is 38.4 Å². The molecule has 100 valence electrons. The molecule has 1 aromatic rings. The molecule has 1 fully saturated rings. The van der Waals surface area contributed by atoms with Gasteiger partial charge in [-0.2, -0.15) is 0 Å². The molecule has 2 rings (SSSR count). The van der Waals surface area contributed by atoms with Crippen molar-refractivity contribution in [1.29, 1.82) is 0 Å². The number of aliphatic hydroxyl groups is 1. The molecule has 5 nitrogen and oxygen atoms in total. The van der Waals surface area contributed by atoms with E-state index in [1.54, 1.807) is 19.1 Å². The van der Waals surface area contributed by atoms with E-state index in [1.165, 1.54) is 6.26 Å². The lowest BCUT2D eigenvalue weighted by molar-refractivity contribution is -0.125. The number of amides is 1. The highest BCUT2D eigenvalue weighted by Crippen LogP contribution is 2.19. The summed E-state index contributed by atoms with van der Waals surface area (Å²) in [4.78, 5) is 11.9. The molecule has 1 aliphatic heterocycles. The van der Waals surface area contributed by atoms with Gasteiger partial charge in [0.25, 0.3) is 0 Å². The molecule has 1 amide bonds. The van der Waals surface area contributed by atoms with Gasteiger partial charge in [0.05, 0.1) is 18.8 Å². The average molecular weight is 252 g/mol. The Morgan fingerprint density at radius 2 is 2.50 bits per heavy atom. The zero-order chi connectivity index (χ0) is 13.0. The molecule has 1 aromatic heterocycles. The van der Waals surface area contributed by atoms with Crippen molar-refractivity contribution in [2.24, 2.45) is 0 Å². The van der Waals surface area contributed by atoms with Crippen LogP contribution in [0.5, 0.6) is 0 Å². The molecule has 18 heavy (non-hydrogen) atoms. The van der Waals surface area contributed by atoms with E-state index in [2.05, 4.69) is 10.6 Å². The van der Waals surface area contributed by atoms with Crippen LogP contribution in [0.25, 0.3) is 0 Å². The summed E-state index contributed by atoms with van der Waals surface area (Å²) in [6.45, 7) is 2.66. The lowest BCUT2D eigenvalue weighted by atomic mass is 10.0. The SMILES string of the molecule is C[C@@](O)(CNC(=O)C1CCCCN1)c1ccco1. The molecule has 5 heteroatoms. The van der Waals surface area contributed by atoms with Crippen LogP contribution in [0.2, 0.25) is 0 Å². The van der Waals surface area contributed by atoms with Gasteiger partial charge < -0.3 is 20.2 Å². The minimum atomic E-state index is -1.17. The highest BCUT2D eigenvalue weighted by atomic mass is 16.4. The Morgan fingerprint density at radius 3 is 3.11 bits per heavy atom. The topological polar surface area (TPSA) is 74.5 Å². The second kappa shape index (κ2) is 5.54. The third-order valence-electron chi connectivity index (χ3n) is 3.29. The van der Waals surface area contributed by atoms with Gasteiger partial charge in [0.2, 0.25) is 5.91 Å². The minimum absolute atomic E-state index is 0.0541. The summed E-state index contributed by atoms with van der Waals surface area (Å²) in [5.41, 5.74) is -1.17. The third kappa shape index (κ3) is 3.11. The molecule has 2 atom stereocenters. The standard InChI is InChI=1S/C13H20N2O3/c1-13(17,11-6-4-8-18-11)9-15-12(16)10-5-2-3-7-14-10/h4,6,8,10,14,17H,2-3,5,7,9H2,1H3,(H,15,16)/t10?,13-/m1/s1. The maximum Gasteiger partial charge on any atom is 0.237 e. The lowest BCUT2D eigenvalue weighted by Gasteiger charge is -2.25. The predicted octanol–water partition coefficient (Wildman–Crippen LogP) is 0.745. The zero-order valence-corrected chi connectivity index (χ0v) is 10.6. The number of nitrogens with one attached hydrogen (secondary N) is 2. The summed E-state index contributed by atoms with van der Waals surface area (Å²) >= 11 is 0. The van der Waals surface area contributed by atoms with Crippen molar-refractivity contribution >= 4 is 5.91 Å². The molecule has 2 heterocycles. The van der Waals surface area contributed by atoms with E-state index in [0.29, 0.717) is 5.76 Å². The molecule has 1 unspecified atom stereocenters. The maximum atomic E-state index is 11.9. The molecular formula is C13H20N2O3. The first-order valence-corrected chi connectivity index (χ1v) is 6.37. The van der Waals surface area contributed by atoms with Crippen LogP contribution in [-0.4, -0.2) is 30.1 Å². The summed E-state index contributed by atoms with van der Waals surface area (Å²) in [6, 6.07) is 3.28. The predicted molar refractivity (Wildman–Crippen MR) is 66.9 cm³/mol. The second-order valence-electron chi connectivity index (χ2n) is 4.97. The molecule has 3 N–H and O–H groups in total. The van der Waals surface area contributed by atoms with Gasteiger partial charge in [-0.1, -0.05) is 6.42 Å². The Hall–Kier alpha value is -1.33. The fourth-order valence-corrected chi connectivity index (χ4v) is 2.13. The third-order valence-corrected chi connectivity index (χ3v) is 3.29. The first-order chi connectivity index (χ1) is 8.59. The van der Waals surface area contributed by atoms with Crippen LogP contribution < -0.4 is 10.6 Å². The highest BCUT2D eigenvalue weighted by Gasteiger charge is 2.28. The fraction of sp³-hybridized carbons (Fsp3) is 0.615. The van der Waals surface area contributed by atoms with E-state index in [9.17, 15) is 9.90 Å². The van der Waals surface area contributed by atoms with Crippen LogP contribution in [0, 0.1) is 0 Å². The first kappa shape index (κ1) is 13.1. The second-order valence-corrected chi connectivity index (χ2v) is 4.97. The Balaban J connectivity index is 1.85. The smallest absolute Gasteiger partial charge is 0.237 e. The average Bonchev–Trinajstić information content (AvgIpc) is 2.92. The summed E-state index contributed by atoms with van der Waals surface area (Å²) in [6.07, 6.45) is 4.55. The molecule has 0 bridgehead atoms. The number of carbonyl (C=O) groups excluding carboxylic acids is 1. The summed E-state index contributed by atoms with van der Waals surface area (Å²) in [5.74, 6) is 0.404. The molecule has 0 radical (unpaired) electrons. The van der Waals surface area contributed by atoms with Crippen molar-refractivity contribution in [2.45, 2.75) is 37.8 Å². The van der Waals surface area contributed by atoms with Crippen molar-refractivity contribution in [3.63, 3.8) is 0 Å². The summed E-state index contributed by atoms with van der Waals surface area (Å²) in [7, 11) is 0. The highest BCUT2D eigenvalue weighted by molar-refractivity contribution is 5.81. The van der Waals surface area contributed by atoms with Crippen LogP contribution >= 0.6 is 0 Å². The first-order valence-electron chi connectivity index (χ1n) is 6.37. The maximum absolute atomic E-state index is 11.9. The van der Waals surface area contributed by atoms with Crippen LogP contribution in [-0.2, 0) is 10.4 Å². The van der Waals surface area contributed by atoms with Crippen LogP contribution in [0.3, 0.4) is 0 Å². The van der Waals surface area contributed by atoms with E-state index in [4.69, 9.17) is 4.42 Å². The monoisotopic (exact) mass is 252 g/mol. The van der Waals surface area contributed by atoms with Gasteiger partial charge in [-0.3, -0.25) is 4.79 Å². The summed E-state index contributed by atoms with van der Waals surface area (Å²) < 4.78 is 5.16. The molecule has 0 spiro atoms. The van der Waals surface area contributed by atoms with Gasteiger partial charge in [-0.25, -0.2) is 0 Å². The van der Waals surface area contributed by atoms with Crippen molar-refractivity contribution in [3.8, 4) is 0 Å². The zero-order valence-electron chi connectivity index (χ0n) is 10.6. The Kier molecular flexibility index (Phi) is 4.04. The normalized spacial score (nSPS) is 23.3. The molecular weight excluding hydrogens is 232 g/mol. The number of hydrogen-bond donors (Lipinski definition) is 3. The minimum Gasteiger partial charge on any atom is -0.466 e. The van der Waals surface area contributed by atoms with E-state index in [1.807, 2.05) is 0 Å². The van der Waals surface area contributed by atoms with Crippen molar-refractivity contribution in [1.82, 2.24) is 10.6 Å². The Labute approximate surface area is 107 Å². The fourth-order valence-electron chi connectivity index (χ4n) is 2.13. The molecule has 0 aliphatic carbocycles. The number of carbonyl (C=O) groups is 1. The molecule has 1 aliphatic rings.